The molecule has 0 radical (unpaired) electrons. The van der Waals surface area contributed by atoms with Gasteiger partial charge < -0.3 is 10.2 Å². The zero-order chi connectivity index (χ0) is 13.2. The van der Waals surface area contributed by atoms with Crippen molar-refractivity contribution in [3.05, 3.63) is 18.0 Å². The largest absolute Gasteiger partial charge is 0.337 e. The summed E-state index contributed by atoms with van der Waals surface area (Å²) in [5.41, 5.74) is 0.572. The molecule has 2 unspecified atom stereocenters. The molecule has 2 aliphatic rings. The Hall–Kier alpha value is -1.36. The van der Waals surface area contributed by atoms with Gasteiger partial charge in [-0.25, -0.2) is 0 Å². The first kappa shape index (κ1) is 12.7. The van der Waals surface area contributed by atoms with E-state index < -0.39 is 0 Å². The average molecular weight is 262 g/mol. The van der Waals surface area contributed by atoms with Crippen LogP contribution < -0.4 is 5.32 Å². The quantitative estimate of drug-likeness (QED) is 0.866. The molecule has 1 aromatic rings. The molecular weight excluding hydrogens is 240 g/mol. The van der Waals surface area contributed by atoms with Gasteiger partial charge in [0.2, 0.25) is 0 Å². The number of piperidine rings is 1. The van der Waals surface area contributed by atoms with Crippen LogP contribution in [0.3, 0.4) is 0 Å². The highest BCUT2D eigenvalue weighted by atomic mass is 16.2. The van der Waals surface area contributed by atoms with Gasteiger partial charge in [-0.05, 0) is 44.2 Å². The Kier molecular flexibility index (Phi) is 3.55. The van der Waals surface area contributed by atoms with E-state index >= 15 is 0 Å². The Bertz CT molecular complexity index is 450. The molecule has 0 bridgehead atoms. The van der Waals surface area contributed by atoms with Crippen LogP contribution in [0.5, 0.6) is 0 Å². The van der Waals surface area contributed by atoms with Crippen molar-refractivity contribution in [3.8, 4) is 0 Å². The van der Waals surface area contributed by atoms with Crippen LogP contribution in [0.4, 0.5) is 0 Å². The molecule has 3 rings (SSSR count). The molecule has 5 heteroatoms. The number of carbonyl (C=O) groups excluding carboxylic acids is 1. The highest BCUT2D eigenvalue weighted by Crippen LogP contribution is 2.25. The maximum absolute atomic E-state index is 12.4. The summed E-state index contributed by atoms with van der Waals surface area (Å²) < 4.78 is 1.69. The van der Waals surface area contributed by atoms with Crippen LogP contribution in [0.1, 0.15) is 36.2 Å². The summed E-state index contributed by atoms with van der Waals surface area (Å²) in [6.45, 7) is 2.89. The zero-order valence-corrected chi connectivity index (χ0v) is 11.5. The van der Waals surface area contributed by atoms with E-state index in [1.54, 1.807) is 10.7 Å². The van der Waals surface area contributed by atoms with Crippen molar-refractivity contribution in [2.45, 2.75) is 31.7 Å². The number of likely N-dealkylation sites (tertiary alicyclic amines) is 1. The molecule has 2 saturated heterocycles. The van der Waals surface area contributed by atoms with Gasteiger partial charge in [0.1, 0.15) is 5.69 Å². The van der Waals surface area contributed by atoms with E-state index in [1.165, 1.54) is 19.3 Å². The summed E-state index contributed by atoms with van der Waals surface area (Å²) in [6.07, 6.45) is 6.71. The highest BCUT2D eigenvalue weighted by Gasteiger charge is 2.31. The molecule has 2 fully saturated rings. The summed E-state index contributed by atoms with van der Waals surface area (Å²) in [5, 5.41) is 7.79. The Balaban J connectivity index is 1.65. The van der Waals surface area contributed by atoms with Gasteiger partial charge in [-0.3, -0.25) is 9.48 Å². The number of nitrogens with zero attached hydrogens (tertiary/aromatic N) is 3. The Morgan fingerprint density at radius 1 is 1.42 bits per heavy atom. The third-order valence-corrected chi connectivity index (χ3v) is 4.35. The molecule has 1 aromatic heterocycles. The molecule has 3 heterocycles. The van der Waals surface area contributed by atoms with Gasteiger partial charge in [0.25, 0.3) is 5.91 Å². The predicted octanol–water partition coefficient (Wildman–Crippen LogP) is 1.02. The molecule has 1 amide bonds. The van der Waals surface area contributed by atoms with Gasteiger partial charge in [-0.15, -0.1) is 0 Å². The van der Waals surface area contributed by atoms with Gasteiger partial charge in [-0.2, -0.15) is 5.10 Å². The third kappa shape index (κ3) is 2.66. The second-order valence-corrected chi connectivity index (χ2v) is 5.73. The van der Waals surface area contributed by atoms with Crippen LogP contribution in [0.15, 0.2) is 12.3 Å². The van der Waals surface area contributed by atoms with Gasteiger partial charge in [0, 0.05) is 32.4 Å². The fourth-order valence-corrected chi connectivity index (χ4v) is 3.33. The number of rotatable bonds is 2. The van der Waals surface area contributed by atoms with Gasteiger partial charge in [0.05, 0.1) is 0 Å². The highest BCUT2D eigenvalue weighted by molar-refractivity contribution is 5.92. The van der Waals surface area contributed by atoms with Crippen LogP contribution >= 0.6 is 0 Å². The Morgan fingerprint density at radius 2 is 2.32 bits per heavy atom. The van der Waals surface area contributed by atoms with Crippen LogP contribution in [0.25, 0.3) is 0 Å². The summed E-state index contributed by atoms with van der Waals surface area (Å²) >= 11 is 0. The minimum atomic E-state index is 0.0864. The lowest BCUT2D eigenvalue weighted by atomic mass is 9.89. The van der Waals surface area contributed by atoms with Crippen molar-refractivity contribution < 1.29 is 4.79 Å². The van der Waals surface area contributed by atoms with E-state index in [-0.39, 0.29) is 5.91 Å². The van der Waals surface area contributed by atoms with Crippen LogP contribution in [-0.2, 0) is 7.05 Å². The maximum atomic E-state index is 12.4. The molecule has 19 heavy (non-hydrogen) atoms. The summed E-state index contributed by atoms with van der Waals surface area (Å²) in [5.74, 6) is 0.701. The molecule has 2 aliphatic heterocycles. The maximum Gasteiger partial charge on any atom is 0.274 e. The lowest BCUT2D eigenvalue weighted by molar-refractivity contribution is 0.0644. The number of hydrogen-bond donors (Lipinski definition) is 1. The van der Waals surface area contributed by atoms with E-state index in [4.69, 9.17) is 0 Å². The standard InChI is InChI=1S/C14H22N4O/c1-17-9-6-13(16-17)14(19)18-8-3-4-11(10-18)12-5-2-7-15-12/h6,9,11-12,15H,2-5,7-8,10H2,1H3. The van der Waals surface area contributed by atoms with E-state index in [2.05, 4.69) is 10.4 Å². The fraction of sp³-hybridized carbons (Fsp3) is 0.714. The average Bonchev–Trinajstić information content (AvgIpc) is 3.09. The number of carbonyl (C=O) groups is 1. The predicted molar refractivity (Wildman–Crippen MR) is 72.9 cm³/mol. The fourth-order valence-electron chi connectivity index (χ4n) is 3.33. The minimum absolute atomic E-state index is 0.0864. The number of nitrogens with one attached hydrogen (secondary N) is 1. The topological polar surface area (TPSA) is 50.2 Å². The van der Waals surface area contributed by atoms with Crippen molar-refractivity contribution >= 4 is 5.91 Å². The van der Waals surface area contributed by atoms with Crippen molar-refractivity contribution in [3.63, 3.8) is 0 Å². The zero-order valence-electron chi connectivity index (χ0n) is 11.5. The van der Waals surface area contributed by atoms with Gasteiger partial charge in [-0.1, -0.05) is 0 Å². The van der Waals surface area contributed by atoms with E-state index in [1.807, 2.05) is 18.1 Å². The number of aromatic nitrogens is 2. The first-order valence-corrected chi connectivity index (χ1v) is 7.26. The molecule has 1 N–H and O–H groups in total. The van der Waals surface area contributed by atoms with E-state index in [0.29, 0.717) is 17.7 Å². The molecule has 2 atom stereocenters. The van der Waals surface area contributed by atoms with Crippen molar-refractivity contribution in [2.75, 3.05) is 19.6 Å². The lowest BCUT2D eigenvalue weighted by Gasteiger charge is -2.35. The smallest absolute Gasteiger partial charge is 0.274 e. The third-order valence-electron chi connectivity index (χ3n) is 4.35. The Morgan fingerprint density at radius 3 is 3.00 bits per heavy atom. The molecule has 0 aromatic carbocycles. The number of hydrogen-bond acceptors (Lipinski definition) is 3. The number of amides is 1. The first-order chi connectivity index (χ1) is 9.24. The minimum Gasteiger partial charge on any atom is -0.337 e. The van der Waals surface area contributed by atoms with Crippen LogP contribution in [-0.4, -0.2) is 46.3 Å². The lowest BCUT2D eigenvalue weighted by Crippen LogP contribution is -2.46. The molecule has 104 valence electrons. The van der Waals surface area contributed by atoms with Crippen molar-refractivity contribution in [1.82, 2.24) is 20.0 Å². The van der Waals surface area contributed by atoms with Crippen molar-refractivity contribution in [2.24, 2.45) is 13.0 Å². The normalized spacial score (nSPS) is 27.7. The molecule has 0 aliphatic carbocycles. The first-order valence-electron chi connectivity index (χ1n) is 7.26. The molecule has 0 spiro atoms. The SMILES string of the molecule is Cn1ccc(C(=O)N2CCCC(C3CCCN3)C2)n1. The monoisotopic (exact) mass is 262 g/mol. The summed E-state index contributed by atoms with van der Waals surface area (Å²) in [7, 11) is 1.85. The summed E-state index contributed by atoms with van der Waals surface area (Å²) in [6, 6.07) is 2.42. The van der Waals surface area contributed by atoms with Gasteiger partial charge >= 0.3 is 0 Å². The molecule has 0 saturated carbocycles. The van der Waals surface area contributed by atoms with Crippen LogP contribution in [0.2, 0.25) is 0 Å². The Labute approximate surface area is 114 Å². The van der Waals surface area contributed by atoms with E-state index in [0.717, 1.165) is 26.1 Å². The van der Waals surface area contributed by atoms with Crippen molar-refractivity contribution in [1.29, 1.82) is 0 Å². The van der Waals surface area contributed by atoms with E-state index in [9.17, 15) is 4.79 Å². The second-order valence-electron chi connectivity index (χ2n) is 5.73. The number of aryl methyl sites for hydroxylation is 1. The van der Waals surface area contributed by atoms with Crippen LogP contribution in [0, 0.1) is 5.92 Å². The molecular formula is C14H22N4O. The molecule has 5 nitrogen and oxygen atoms in total. The second kappa shape index (κ2) is 5.33. The summed E-state index contributed by atoms with van der Waals surface area (Å²) in [4.78, 5) is 14.4. The van der Waals surface area contributed by atoms with Gasteiger partial charge in [0.15, 0.2) is 0 Å².